The summed E-state index contributed by atoms with van der Waals surface area (Å²) in [6.07, 6.45) is 0.897. The first-order chi connectivity index (χ1) is 13.7. The van der Waals surface area contributed by atoms with Gasteiger partial charge in [-0.2, -0.15) is 0 Å². The van der Waals surface area contributed by atoms with Crippen molar-refractivity contribution in [3.8, 4) is 0 Å². The molecule has 178 valence electrons. The van der Waals surface area contributed by atoms with Crippen LogP contribution in [-0.4, -0.2) is 52.8 Å². The largest absolute Gasteiger partial charge is 0.417 e. The fourth-order valence-corrected chi connectivity index (χ4v) is 7.98. The van der Waals surface area contributed by atoms with Crippen LogP contribution in [0.15, 0.2) is 12.2 Å². The Bertz CT molecular complexity index is 532. The standard InChI is InChI=1S/C24H50O4Si2/c1-12-30(13-2,14-3)28-23(22(25)18(4)5)21-17-19(6)20(27-21)15-16-26-29(10,11)24(7,8)9/h19-23,25H,4,12-17H2,1-3,5-11H3/t19-,20+,21-,22+,23+/m1/s1. The predicted octanol–water partition coefficient (Wildman–Crippen LogP) is 6.52. The van der Waals surface area contributed by atoms with E-state index < -0.39 is 22.7 Å². The monoisotopic (exact) mass is 458 g/mol. The Kier molecular flexibility index (Phi) is 10.5. The van der Waals surface area contributed by atoms with E-state index in [1.165, 1.54) is 0 Å². The molecule has 0 saturated carbocycles. The summed E-state index contributed by atoms with van der Waals surface area (Å²) >= 11 is 0. The van der Waals surface area contributed by atoms with Gasteiger partial charge in [0.05, 0.1) is 12.2 Å². The van der Waals surface area contributed by atoms with Gasteiger partial charge >= 0.3 is 0 Å². The van der Waals surface area contributed by atoms with Crippen molar-refractivity contribution >= 4 is 16.6 Å². The Hall–Kier alpha value is 0.0138. The molecule has 1 aliphatic heterocycles. The minimum absolute atomic E-state index is 0.0823. The van der Waals surface area contributed by atoms with Gasteiger partial charge in [-0.25, -0.2) is 0 Å². The fourth-order valence-electron chi connectivity index (χ4n) is 4.06. The highest BCUT2D eigenvalue weighted by Gasteiger charge is 2.44. The summed E-state index contributed by atoms with van der Waals surface area (Å²) in [5, 5.41) is 11.2. The maximum atomic E-state index is 10.9. The average Bonchev–Trinajstić information content (AvgIpc) is 3.02. The fraction of sp³-hybridized carbons (Fsp3) is 0.917. The van der Waals surface area contributed by atoms with E-state index in [4.69, 9.17) is 13.6 Å². The Morgan fingerprint density at radius 2 is 1.70 bits per heavy atom. The summed E-state index contributed by atoms with van der Waals surface area (Å²) < 4.78 is 19.7. The molecule has 6 heteroatoms. The van der Waals surface area contributed by atoms with Gasteiger partial charge in [-0.1, -0.05) is 55.0 Å². The van der Waals surface area contributed by atoms with Crippen LogP contribution in [0.4, 0.5) is 0 Å². The predicted molar refractivity (Wildman–Crippen MR) is 133 cm³/mol. The van der Waals surface area contributed by atoms with E-state index in [0.29, 0.717) is 5.92 Å². The molecule has 1 saturated heterocycles. The number of aliphatic hydroxyl groups excluding tert-OH is 1. The van der Waals surface area contributed by atoms with Crippen LogP contribution < -0.4 is 0 Å². The molecule has 0 aliphatic carbocycles. The lowest BCUT2D eigenvalue weighted by Gasteiger charge is -2.38. The van der Waals surface area contributed by atoms with Crippen LogP contribution in [0.3, 0.4) is 0 Å². The molecule has 1 heterocycles. The van der Waals surface area contributed by atoms with Gasteiger partial charge in [0, 0.05) is 6.61 Å². The Morgan fingerprint density at radius 3 is 2.13 bits per heavy atom. The third-order valence-corrected chi connectivity index (χ3v) is 16.9. The third-order valence-electron chi connectivity index (χ3n) is 7.76. The molecule has 30 heavy (non-hydrogen) atoms. The van der Waals surface area contributed by atoms with E-state index in [1.807, 2.05) is 6.92 Å². The highest BCUT2D eigenvalue weighted by molar-refractivity contribution is 6.74. The number of aliphatic hydroxyl groups is 1. The summed E-state index contributed by atoms with van der Waals surface area (Å²) in [5.74, 6) is 0.433. The van der Waals surface area contributed by atoms with Crippen molar-refractivity contribution in [1.82, 2.24) is 0 Å². The second-order valence-corrected chi connectivity index (χ2v) is 20.5. The second kappa shape index (κ2) is 11.2. The zero-order valence-electron chi connectivity index (χ0n) is 21.5. The Morgan fingerprint density at radius 1 is 1.17 bits per heavy atom. The van der Waals surface area contributed by atoms with Gasteiger partial charge in [0.1, 0.15) is 12.2 Å². The summed E-state index contributed by atoms with van der Waals surface area (Å²) in [7, 11) is -3.62. The Balaban J connectivity index is 2.86. The van der Waals surface area contributed by atoms with E-state index in [2.05, 4.69) is 68.1 Å². The molecule has 1 N–H and O–H groups in total. The van der Waals surface area contributed by atoms with Crippen LogP contribution in [0.25, 0.3) is 0 Å². The molecule has 0 aromatic carbocycles. The molecule has 0 radical (unpaired) electrons. The minimum atomic E-state index is -1.87. The second-order valence-electron chi connectivity index (χ2n) is 10.9. The molecule has 0 aromatic rings. The third kappa shape index (κ3) is 7.01. The van der Waals surface area contributed by atoms with Gasteiger partial charge in [0.25, 0.3) is 0 Å². The normalized spacial score (nSPS) is 25.4. The maximum Gasteiger partial charge on any atom is 0.192 e. The molecule has 1 aliphatic rings. The van der Waals surface area contributed by atoms with Crippen molar-refractivity contribution in [3.05, 3.63) is 12.2 Å². The quantitative estimate of drug-likeness (QED) is 0.267. The van der Waals surface area contributed by atoms with Gasteiger partial charge in [-0.05, 0) is 67.5 Å². The van der Waals surface area contributed by atoms with Crippen molar-refractivity contribution in [2.24, 2.45) is 5.92 Å². The van der Waals surface area contributed by atoms with Crippen LogP contribution >= 0.6 is 0 Å². The van der Waals surface area contributed by atoms with Gasteiger partial charge < -0.3 is 18.7 Å². The number of hydrogen-bond acceptors (Lipinski definition) is 4. The topological polar surface area (TPSA) is 47.9 Å². The molecular formula is C24H50O4Si2. The summed E-state index contributed by atoms with van der Waals surface area (Å²) in [6, 6.07) is 3.18. The van der Waals surface area contributed by atoms with E-state index in [1.54, 1.807) is 0 Å². The lowest BCUT2D eigenvalue weighted by atomic mass is 9.95. The van der Waals surface area contributed by atoms with Crippen LogP contribution in [0.1, 0.15) is 68.2 Å². The van der Waals surface area contributed by atoms with Gasteiger partial charge in [-0.15, -0.1) is 0 Å². The van der Waals surface area contributed by atoms with Crippen molar-refractivity contribution in [3.63, 3.8) is 0 Å². The first kappa shape index (κ1) is 28.0. The number of rotatable bonds is 12. The van der Waals surface area contributed by atoms with E-state index in [9.17, 15) is 5.11 Å². The van der Waals surface area contributed by atoms with Crippen molar-refractivity contribution in [1.29, 1.82) is 0 Å². The van der Waals surface area contributed by atoms with Crippen LogP contribution in [-0.2, 0) is 13.6 Å². The van der Waals surface area contributed by atoms with Crippen molar-refractivity contribution in [2.75, 3.05) is 6.61 Å². The molecule has 0 amide bonds. The summed E-state index contributed by atoms with van der Waals surface area (Å²) in [4.78, 5) is 0. The summed E-state index contributed by atoms with van der Waals surface area (Å²) in [5.41, 5.74) is 0.757. The average molecular weight is 459 g/mol. The van der Waals surface area contributed by atoms with E-state index in [0.717, 1.165) is 43.2 Å². The highest BCUT2D eigenvalue weighted by Crippen LogP contribution is 2.38. The molecule has 0 aromatic heterocycles. The molecular weight excluding hydrogens is 408 g/mol. The van der Waals surface area contributed by atoms with E-state index >= 15 is 0 Å². The van der Waals surface area contributed by atoms with Crippen molar-refractivity contribution < 1.29 is 18.7 Å². The first-order valence-corrected chi connectivity index (χ1v) is 17.5. The molecule has 4 nitrogen and oxygen atoms in total. The molecule has 0 unspecified atom stereocenters. The first-order valence-electron chi connectivity index (χ1n) is 12.0. The van der Waals surface area contributed by atoms with Gasteiger partial charge in [-0.3, -0.25) is 0 Å². The smallest absolute Gasteiger partial charge is 0.192 e. The zero-order chi connectivity index (χ0) is 23.3. The lowest BCUT2D eigenvalue weighted by Crippen LogP contribution is -2.49. The van der Waals surface area contributed by atoms with Crippen LogP contribution in [0.2, 0.25) is 36.3 Å². The highest BCUT2D eigenvalue weighted by atomic mass is 28.4. The van der Waals surface area contributed by atoms with Crippen LogP contribution in [0.5, 0.6) is 0 Å². The molecule has 5 atom stereocenters. The number of ether oxygens (including phenoxy) is 1. The Labute approximate surface area is 189 Å². The summed E-state index contributed by atoms with van der Waals surface area (Å²) in [6.45, 7) is 27.0. The maximum absolute atomic E-state index is 10.9. The molecule has 1 fully saturated rings. The molecule has 1 rings (SSSR count). The van der Waals surface area contributed by atoms with E-state index in [-0.39, 0.29) is 23.4 Å². The van der Waals surface area contributed by atoms with Crippen LogP contribution in [0, 0.1) is 5.92 Å². The zero-order valence-corrected chi connectivity index (χ0v) is 23.5. The minimum Gasteiger partial charge on any atom is -0.417 e. The number of hydrogen-bond donors (Lipinski definition) is 1. The van der Waals surface area contributed by atoms with Crippen molar-refractivity contribution in [2.45, 2.75) is 129 Å². The lowest BCUT2D eigenvalue weighted by molar-refractivity contribution is -0.0724. The SMILES string of the molecule is C=C(C)[C@H](O)[C@@H](O[Si](CC)(CC)CC)[C@H]1C[C@@H](C)[C@H](CCO[Si](C)(C)C(C)(C)C)O1. The molecule has 0 bridgehead atoms. The molecule has 0 spiro atoms. The van der Waals surface area contributed by atoms with Gasteiger partial charge in [0.2, 0.25) is 0 Å². The van der Waals surface area contributed by atoms with Gasteiger partial charge in [0.15, 0.2) is 16.6 Å².